The van der Waals surface area contributed by atoms with Crippen molar-refractivity contribution in [2.75, 3.05) is 13.2 Å². The number of aromatic nitrogens is 2. The van der Waals surface area contributed by atoms with Crippen LogP contribution in [0.5, 0.6) is 11.9 Å². The summed E-state index contributed by atoms with van der Waals surface area (Å²) in [6, 6.07) is 16.2. The van der Waals surface area contributed by atoms with Crippen molar-refractivity contribution in [2.45, 2.75) is 39.5 Å². The highest BCUT2D eigenvalue weighted by Crippen LogP contribution is 2.28. The predicted molar refractivity (Wildman–Crippen MR) is 121 cm³/mol. The minimum Gasteiger partial charge on any atom is -0.480 e. The summed E-state index contributed by atoms with van der Waals surface area (Å²) in [5, 5.41) is 9.27. The third kappa shape index (κ3) is 4.73. The molecular weight excluding hydrogens is 406 g/mol. The molecule has 0 amide bonds. The molecule has 0 spiro atoms. The summed E-state index contributed by atoms with van der Waals surface area (Å²) >= 11 is 0. The lowest BCUT2D eigenvalue weighted by Crippen LogP contribution is -2.51. The standard InChI is InChI=1S/C25H27N3O4/c1-3-31-23-20(15-28-13-12-22(28)24(29)30)14-26-25(27-23)32-16-19-10-7-11-21(17(19)2)18-8-5-4-6-9-18/h4-11,14,22H,3,12-13,15-16H2,1-2H3,(H,29,30). The Labute approximate surface area is 187 Å². The van der Waals surface area contributed by atoms with E-state index in [-0.39, 0.29) is 6.01 Å². The van der Waals surface area contributed by atoms with Crippen molar-refractivity contribution < 1.29 is 19.4 Å². The van der Waals surface area contributed by atoms with Crippen LogP contribution in [0.15, 0.2) is 54.7 Å². The smallest absolute Gasteiger partial charge is 0.320 e. The quantitative estimate of drug-likeness (QED) is 0.544. The number of likely N-dealkylation sites (tertiary alicyclic amines) is 1. The van der Waals surface area contributed by atoms with Crippen molar-refractivity contribution in [3.8, 4) is 23.0 Å². The molecule has 1 fully saturated rings. The maximum absolute atomic E-state index is 11.3. The van der Waals surface area contributed by atoms with Crippen molar-refractivity contribution in [2.24, 2.45) is 0 Å². The number of carboxylic acid groups (broad SMARTS) is 1. The maximum Gasteiger partial charge on any atom is 0.320 e. The molecule has 0 aliphatic carbocycles. The number of benzene rings is 2. The van der Waals surface area contributed by atoms with E-state index in [1.54, 1.807) is 6.20 Å². The molecular formula is C25H27N3O4. The van der Waals surface area contributed by atoms with Gasteiger partial charge in [-0.1, -0.05) is 48.5 Å². The van der Waals surface area contributed by atoms with Crippen LogP contribution in [0, 0.1) is 6.92 Å². The molecule has 7 heteroatoms. The van der Waals surface area contributed by atoms with Gasteiger partial charge in [-0.25, -0.2) is 4.98 Å². The molecule has 3 aromatic rings. The van der Waals surface area contributed by atoms with Crippen molar-refractivity contribution >= 4 is 5.97 Å². The second-order valence-corrected chi connectivity index (χ2v) is 7.77. The van der Waals surface area contributed by atoms with Crippen LogP contribution in [0.2, 0.25) is 0 Å². The molecule has 1 atom stereocenters. The third-order valence-corrected chi connectivity index (χ3v) is 5.76. The SMILES string of the molecule is CCOc1nc(OCc2cccc(-c3ccccc3)c2C)ncc1CN1CCC1C(=O)O. The Kier molecular flexibility index (Phi) is 6.66. The summed E-state index contributed by atoms with van der Waals surface area (Å²) in [6.07, 6.45) is 2.32. The molecule has 1 aromatic heterocycles. The van der Waals surface area contributed by atoms with Gasteiger partial charge in [0.2, 0.25) is 5.88 Å². The molecule has 1 unspecified atom stereocenters. The Morgan fingerprint density at radius 3 is 2.62 bits per heavy atom. The molecule has 32 heavy (non-hydrogen) atoms. The summed E-state index contributed by atoms with van der Waals surface area (Å²) in [5.41, 5.74) is 5.30. The summed E-state index contributed by atoms with van der Waals surface area (Å²) in [7, 11) is 0. The number of rotatable bonds is 9. The summed E-state index contributed by atoms with van der Waals surface area (Å²) in [6.45, 7) is 5.92. The van der Waals surface area contributed by atoms with Gasteiger partial charge in [0.25, 0.3) is 0 Å². The van der Waals surface area contributed by atoms with Gasteiger partial charge in [-0.2, -0.15) is 4.98 Å². The highest BCUT2D eigenvalue weighted by Gasteiger charge is 2.34. The van der Waals surface area contributed by atoms with Crippen LogP contribution in [-0.2, 0) is 17.9 Å². The van der Waals surface area contributed by atoms with E-state index in [1.807, 2.05) is 42.2 Å². The van der Waals surface area contributed by atoms with Gasteiger partial charge < -0.3 is 14.6 Å². The van der Waals surface area contributed by atoms with E-state index in [1.165, 1.54) is 5.56 Å². The van der Waals surface area contributed by atoms with E-state index in [4.69, 9.17) is 9.47 Å². The van der Waals surface area contributed by atoms with Gasteiger partial charge >= 0.3 is 12.0 Å². The number of hydrogen-bond acceptors (Lipinski definition) is 6. The number of ether oxygens (including phenoxy) is 2. The molecule has 0 saturated carbocycles. The summed E-state index contributed by atoms with van der Waals surface area (Å²) in [5.74, 6) is -0.369. The first-order valence-electron chi connectivity index (χ1n) is 10.8. The monoisotopic (exact) mass is 433 g/mol. The largest absolute Gasteiger partial charge is 0.480 e. The zero-order valence-corrected chi connectivity index (χ0v) is 18.3. The molecule has 1 aliphatic heterocycles. The Balaban J connectivity index is 1.48. The zero-order valence-electron chi connectivity index (χ0n) is 18.3. The van der Waals surface area contributed by atoms with Gasteiger partial charge in [-0.05, 0) is 42.5 Å². The average Bonchev–Trinajstić information content (AvgIpc) is 2.77. The van der Waals surface area contributed by atoms with E-state index < -0.39 is 12.0 Å². The third-order valence-electron chi connectivity index (χ3n) is 5.76. The second-order valence-electron chi connectivity index (χ2n) is 7.77. The van der Waals surface area contributed by atoms with Crippen LogP contribution < -0.4 is 9.47 Å². The Morgan fingerprint density at radius 2 is 1.94 bits per heavy atom. The molecule has 1 N–H and O–H groups in total. The predicted octanol–water partition coefficient (Wildman–Crippen LogP) is 4.09. The van der Waals surface area contributed by atoms with Crippen LogP contribution >= 0.6 is 0 Å². The minimum atomic E-state index is -0.803. The Morgan fingerprint density at radius 1 is 1.12 bits per heavy atom. The highest BCUT2D eigenvalue weighted by atomic mass is 16.5. The van der Waals surface area contributed by atoms with Crippen molar-refractivity contribution in [1.82, 2.24) is 14.9 Å². The fourth-order valence-electron chi connectivity index (χ4n) is 3.86. The van der Waals surface area contributed by atoms with Gasteiger partial charge in [0, 0.05) is 24.8 Å². The van der Waals surface area contributed by atoms with Gasteiger partial charge in [0.1, 0.15) is 12.6 Å². The minimum absolute atomic E-state index is 0.236. The fraction of sp³-hybridized carbons (Fsp3) is 0.320. The van der Waals surface area contributed by atoms with Crippen LogP contribution in [0.3, 0.4) is 0 Å². The molecule has 4 rings (SSSR count). The van der Waals surface area contributed by atoms with Crippen LogP contribution in [0.1, 0.15) is 30.0 Å². The second kappa shape index (κ2) is 9.78. The van der Waals surface area contributed by atoms with Crippen molar-refractivity contribution in [1.29, 1.82) is 0 Å². The molecule has 1 aliphatic rings. The Hall–Kier alpha value is -3.45. The Bertz CT molecular complexity index is 1090. The van der Waals surface area contributed by atoms with Crippen LogP contribution in [0.4, 0.5) is 0 Å². The number of nitrogens with zero attached hydrogens (tertiary/aromatic N) is 3. The number of carbonyl (C=O) groups is 1. The zero-order chi connectivity index (χ0) is 22.5. The van der Waals surface area contributed by atoms with Gasteiger partial charge in [-0.3, -0.25) is 9.69 Å². The van der Waals surface area contributed by atoms with Crippen molar-refractivity contribution in [3.05, 3.63) is 71.4 Å². The molecule has 7 nitrogen and oxygen atoms in total. The summed E-state index contributed by atoms with van der Waals surface area (Å²) < 4.78 is 11.6. The number of aliphatic carboxylic acids is 1. The fourth-order valence-corrected chi connectivity index (χ4v) is 3.86. The van der Waals surface area contributed by atoms with E-state index in [0.29, 0.717) is 32.1 Å². The van der Waals surface area contributed by atoms with Gasteiger partial charge in [0.05, 0.1) is 6.61 Å². The molecule has 0 bridgehead atoms. The molecule has 166 valence electrons. The van der Waals surface area contributed by atoms with E-state index >= 15 is 0 Å². The lowest BCUT2D eigenvalue weighted by molar-refractivity contribution is -0.148. The lowest BCUT2D eigenvalue weighted by atomic mass is 9.97. The first-order valence-corrected chi connectivity index (χ1v) is 10.8. The lowest BCUT2D eigenvalue weighted by Gasteiger charge is -2.37. The first-order chi connectivity index (χ1) is 15.6. The topological polar surface area (TPSA) is 84.8 Å². The molecule has 2 heterocycles. The molecule has 0 radical (unpaired) electrons. The number of carboxylic acids is 1. The average molecular weight is 434 g/mol. The van der Waals surface area contributed by atoms with Crippen LogP contribution in [0.25, 0.3) is 11.1 Å². The summed E-state index contributed by atoms with van der Waals surface area (Å²) in [4.78, 5) is 21.9. The van der Waals surface area contributed by atoms with Crippen molar-refractivity contribution in [3.63, 3.8) is 0 Å². The highest BCUT2D eigenvalue weighted by molar-refractivity contribution is 5.74. The number of hydrogen-bond donors (Lipinski definition) is 1. The van der Waals surface area contributed by atoms with E-state index in [2.05, 4.69) is 35.1 Å². The molecule has 1 saturated heterocycles. The normalized spacial score (nSPS) is 15.8. The van der Waals surface area contributed by atoms with Crippen LogP contribution in [-0.4, -0.2) is 45.1 Å². The van der Waals surface area contributed by atoms with E-state index in [0.717, 1.165) is 28.8 Å². The van der Waals surface area contributed by atoms with E-state index in [9.17, 15) is 9.90 Å². The van der Waals surface area contributed by atoms with Gasteiger partial charge in [-0.15, -0.1) is 0 Å². The first kappa shape index (κ1) is 21.8. The molecule has 2 aromatic carbocycles. The van der Waals surface area contributed by atoms with Gasteiger partial charge in [0.15, 0.2) is 0 Å². The maximum atomic E-state index is 11.3.